The van der Waals surface area contributed by atoms with Gasteiger partial charge in [0.1, 0.15) is 6.04 Å². The van der Waals surface area contributed by atoms with E-state index in [1.807, 2.05) is 13.8 Å². The molecule has 14 heavy (non-hydrogen) atoms. The van der Waals surface area contributed by atoms with Crippen molar-refractivity contribution in [1.29, 1.82) is 0 Å². The number of nitrogens with zero attached hydrogens (tertiary/aromatic N) is 1. The van der Waals surface area contributed by atoms with Crippen molar-refractivity contribution in [2.24, 2.45) is 0 Å². The Hall–Kier alpha value is -0.610. The highest BCUT2D eigenvalue weighted by atomic mass is 16.4. The summed E-state index contributed by atoms with van der Waals surface area (Å²) in [4.78, 5) is 12.7. The Kier molecular flexibility index (Phi) is 6.49. The fourth-order valence-corrected chi connectivity index (χ4v) is 1.33. The van der Waals surface area contributed by atoms with Crippen LogP contribution in [0.1, 0.15) is 33.1 Å². The lowest BCUT2D eigenvalue weighted by atomic mass is 10.1. The van der Waals surface area contributed by atoms with Crippen LogP contribution in [-0.2, 0) is 4.79 Å². The summed E-state index contributed by atoms with van der Waals surface area (Å²) in [6, 6.07) is -0.579. The Labute approximate surface area is 85.5 Å². The summed E-state index contributed by atoms with van der Waals surface area (Å²) in [5.74, 6) is -0.804. The van der Waals surface area contributed by atoms with E-state index in [1.54, 1.807) is 11.9 Å². The average molecular weight is 203 g/mol. The van der Waals surface area contributed by atoms with Crippen molar-refractivity contribution in [3.63, 3.8) is 0 Å². The average Bonchev–Trinajstić information content (AvgIpc) is 2.16. The number of aliphatic carboxylic acids is 1. The first-order valence-corrected chi connectivity index (χ1v) is 5.10. The van der Waals surface area contributed by atoms with Gasteiger partial charge >= 0.3 is 5.97 Å². The summed E-state index contributed by atoms with van der Waals surface area (Å²) in [7, 11) is 1.75. The molecule has 84 valence electrons. The van der Waals surface area contributed by atoms with E-state index in [0.29, 0.717) is 6.42 Å². The molecule has 0 aliphatic carbocycles. The molecule has 4 heteroatoms. The van der Waals surface area contributed by atoms with Gasteiger partial charge in [-0.1, -0.05) is 19.8 Å². The molecule has 0 fully saturated rings. The molecular formula is C10H21NO3. The van der Waals surface area contributed by atoms with Gasteiger partial charge in [-0.25, -0.2) is 0 Å². The van der Waals surface area contributed by atoms with Gasteiger partial charge in [0.05, 0.1) is 6.61 Å². The topological polar surface area (TPSA) is 60.8 Å². The second-order valence-corrected chi connectivity index (χ2v) is 3.69. The summed E-state index contributed by atoms with van der Waals surface area (Å²) in [6.45, 7) is 3.85. The predicted octanol–water partition coefficient (Wildman–Crippen LogP) is 0.942. The van der Waals surface area contributed by atoms with Crippen molar-refractivity contribution in [3.8, 4) is 0 Å². The molecule has 0 bridgehead atoms. The van der Waals surface area contributed by atoms with Gasteiger partial charge in [0.15, 0.2) is 0 Å². The lowest BCUT2D eigenvalue weighted by Gasteiger charge is -2.29. The third-order valence-electron chi connectivity index (χ3n) is 2.57. The molecule has 2 atom stereocenters. The van der Waals surface area contributed by atoms with Crippen molar-refractivity contribution < 1.29 is 15.0 Å². The maximum absolute atomic E-state index is 10.9. The molecule has 0 amide bonds. The largest absolute Gasteiger partial charge is 0.480 e. The van der Waals surface area contributed by atoms with Gasteiger partial charge in [0.2, 0.25) is 0 Å². The third kappa shape index (κ3) is 4.07. The molecule has 2 N–H and O–H groups in total. The Morgan fingerprint density at radius 3 is 2.43 bits per heavy atom. The minimum absolute atomic E-state index is 0.00753. The van der Waals surface area contributed by atoms with Crippen LogP contribution >= 0.6 is 0 Å². The molecule has 2 unspecified atom stereocenters. The number of hydrogen-bond acceptors (Lipinski definition) is 3. The van der Waals surface area contributed by atoms with Crippen LogP contribution in [0.4, 0.5) is 0 Å². The van der Waals surface area contributed by atoms with E-state index in [1.165, 1.54) is 0 Å². The number of carboxylic acids is 1. The van der Waals surface area contributed by atoms with E-state index in [4.69, 9.17) is 10.2 Å². The summed E-state index contributed by atoms with van der Waals surface area (Å²) in [5.41, 5.74) is 0. The molecule has 0 aliphatic rings. The zero-order valence-electron chi connectivity index (χ0n) is 9.23. The zero-order chi connectivity index (χ0) is 11.1. The van der Waals surface area contributed by atoms with Crippen molar-refractivity contribution >= 4 is 5.97 Å². The van der Waals surface area contributed by atoms with Gasteiger partial charge in [-0.15, -0.1) is 0 Å². The number of carboxylic acid groups (broad SMARTS) is 1. The van der Waals surface area contributed by atoms with Crippen LogP contribution in [0.5, 0.6) is 0 Å². The number of hydrogen-bond donors (Lipinski definition) is 2. The molecule has 0 saturated heterocycles. The molecule has 0 heterocycles. The predicted molar refractivity (Wildman–Crippen MR) is 55.3 cm³/mol. The van der Waals surface area contributed by atoms with Crippen LogP contribution in [0.2, 0.25) is 0 Å². The molecule has 0 radical (unpaired) electrons. The van der Waals surface area contributed by atoms with Crippen LogP contribution in [0.3, 0.4) is 0 Å². The van der Waals surface area contributed by atoms with Crippen LogP contribution in [0.25, 0.3) is 0 Å². The summed E-state index contributed by atoms with van der Waals surface area (Å²) >= 11 is 0. The Bertz CT molecular complexity index is 173. The van der Waals surface area contributed by atoms with Crippen LogP contribution in [-0.4, -0.2) is 46.8 Å². The Morgan fingerprint density at radius 2 is 2.07 bits per heavy atom. The fraction of sp³-hybridized carbons (Fsp3) is 0.900. The maximum atomic E-state index is 10.9. The van der Waals surface area contributed by atoms with Gasteiger partial charge < -0.3 is 10.2 Å². The Balaban J connectivity index is 4.25. The first kappa shape index (κ1) is 13.4. The standard InChI is InChI=1S/C10H21NO3/c1-4-5-6-9(10(13)14)11(3)8(2)7-12/h8-9,12H,4-7H2,1-3H3,(H,13,14). The summed E-state index contributed by atoms with van der Waals surface area (Å²) < 4.78 is 0. The van der Waals surface area contributed by atoms with E-state index in [9.17, 15) is 4.79 Å². The highest BCUT2D eigenvalue weighted by molar-refractivity contribution is 5.73. The van der Waals surface area contributed by atoms with Gasteiger partial charge in [0, 0.05) is 6.04 Å². The molecule has 0 spiro atoms. The van der Waals surface area contributed by atoms with Gasteiger partial charge in [0.25, 0.3) is 0 Å². The summed E-state index contributed by atoms with van der Waals surface area (Å²) in [6.07, 6.45) is 2.54. The molecule has 4 nitrogen and oxygen atoms in total. The normalized spacial score (nSPS) is 15.5. The molecule has 0 aromatic heterocycles. The number of carbonyl (C=O) groups is 1. The Morgan fingerprint density at radius 1 is 1.50 bits per heavy atom. The third-order valence-corrected chi connectivity index (χ3v) is 2.57. The summed E-state index contributed by atoms with van der Waals surface area (Å²) in [5, 5.41) is 17.9. The van der Waals surface area contributed by atoms with E-state index in [2.05, 4.69) is 0 Å². The van der Waals surface area contributed by atoms with Gasteiger partial charge in [-0.2, -0.15) is 0 Å². The second-order valence-electron chi connectivity index (χ2n) is 3.69. The van der Waals surface area contributed by atoms with Crippen molar-refractivity contribution in [3.05, 3.63) is 0 Å². The van der Waals surface area contributed by atoms with Gasteiger partial charge in [-0.05, 0) is 20.4 Å². The highest BCUT2D eigenvalue weighted by Crippen LogP contribution is 2.10. The number of unbranched alkanes of at least 4 members (excludes halogenated alkanes) is 1. The lowest BCUT2D eigenvalue weighted by molar-refractivity contribution is -0.144. The number of likely N-dealkylation sites (N-methyl/N-ethyl adjacent to an activating group) is 1. The van der Waals surface area contributed by atoms with E-state index >= 15 is 0 Å². The molecule has 0 rings (SSSR count). The number of rotatable bonds is 7. The van der Waals surface area contributed by atoms with Crippen molar-refractivity contribution in [1.82, 2.24) is 4.90 Å². The maximum Gasteiger partial charge on any atom is 0.320 e. The first-order chi connectivity index (χ1) is 6.54. The SMILES string of the molecule is CCCCC(C(=O)O)N(C)C(C)CO. The molecular weight excluding hydrogens is 182 g/mol. The smallest absolute Gasteiger partial charge is 0.320 e. The van der Waals surface area contributed by atoms with Crippen LogP contribution in [0, 0.1) is 0 Å². The molecule has 0 aromatic rings. The minimum atomic E-state index is -0.804. The molecule has 0 aromatic carbocycles. The van der Waals surface area contributed by atoms with Crippen LogP contribution < -0.4 is 0 Å². The minimum Gasteiger partial charge on any atom is -0.480 e. The van der Waals surface area contributed by atoms with Crippen molar-refractivity contribution in [2.75, 3.05) is 13.7 Å². The number of aliphatic hydroxyl groups is 1. The zero-order valence-corrected chi connectivity index (χ0v) is 9.23. The highest BCUT2D eigenvalue weighted by Gasteiger charge is 2.24. The molecule has 0 saturated carbocycles. The lowest BCUT2D eigenvalue weighted by Crippen LogP contribution is -2.45. The van der Waals surface area contributed by atoms with Gasteiger partial charge in [-0.3, -0.25) is 9.69 Å². The number of aliphatic hydroxyl groups excluding tert-OH is 1. The van der Waals surface area contributed by atoms with Crippen LogP contribution in [0.15, 0.2) is 0 Å². The monoisotopic (exact) mass is 203 g/mol. The quantitative estimate of drug-likeness (QED) is 0.646. The van der Waals surface area contributed by atoms with E-state index in [-0.39, 0.29) is 12.6 Å². The van der Waals surface area contributed by atoms with E-state index in [0.717, 1.165) is 12.8 Å². The fourth-order valence-electron chi connectivity index (χ4n) is 1.33. The van der Waals surface area contributed by atoms with E-state index < -0.39 is 12.0 Å². The second kappa shape index (κ2) is 6.79. The van der Waals surface area contributed by atoms with Crippen molar-refractivity contribution in [2.45, 2.75) is 45.2 Å². The first-order valence-electron chi connectivity index (χ1n) is 5.10. The molecule has 0 aliphatic heterocycles.